The van der Waals surface area contributed by atoms with Crippen molar-refractivity contribution in [1.29, 1.82) is 0 Å². The zero-order chi connectivity index (χ0) is 17.4. The highest BCUT2D eigenvalue weighted by Crippen LogP contribution is 2.69. The van der Waals surface area contributed by atoms with E-state index >= 15 is 0 Å². The summed E-state index contributed by atoms with van der Waals surface area (Å²) in [6.45, 7) is 4.91. The molecule has 1 aliphatic heterocycles. The predicted molar refractivity (Wildman–Crippen MR) is 95.8 cm³/mol. The van der Waals surface area contributed by atoms with Gasteiger partial charge < -0.3 is 9.84 Å². The Morgan fingerprint density at radius 3 is 2.64 bits per heavy atom. The van der Waals surface area contributed by atoms with Gasteiger partial charge in [-0.2, -0.15) is 0 Å². The minimum Gasteiger partial charge on any atom is -0.458 e. The summed E-state index contributed by atoms with van der Waals surface area (Å²) in [5, 5.41) is 10.1. The molecule has 0 amide bonds. The topological polar surface area (TPSA) is 46.5 Å². The maximum atomic E-state index is 11.9. The fourth-order valence-electron chi connectivity index (χ4n) is 7.94. The standard InChI is InChI=1S/C22H32O3/c1-20-9-5-15(23)13-14(20)3-4-16-17(20)6-10-21(2)18(16)7-11-22(21)12-8-19(24)25-22/h3,15-18,23H,4-13H2,1-2H3/t15-,16+,17-,18+,20+,21+,22+/m1/s1. The first-order valence-corrected chi connectivity index (χ1v) is 10.5. The number of rotatable bonds is 0. The largest absolute Gasteiger partial charge is 0.458 e. The number of hydrogen-bond acceptors (Lipinski definition) is 3. The summed E-state index contributed by atoms with van der Waals surface area (Å²) in [6, 6.07) is 0. The van der Waals surface area contributed by atoms with Gasteiger partial charge in [-0.1, -0.05) is 25.5 Å². The monoisotopic (exact) mass is 344 g/mol. The van der Waals surface area contributed by atoms with Crippen LogP contribution in [-0.2, 0) is 9.53 Å². The second-order valence-corrected chi connectivity index (χ2v) is 10.1. The van der Waals surface area contributed by atoms with Crippen LogP contribution in [0.4, 0.5) is 0 Å². The average Bonchev–Trinajstić information content (AvgIpc) is 3.10. The van der Waals surface area contributed by atoms with Crippen molar-refractivity contribution >= 4 is 5.97 Å². The van der Waals surface area contributed by atoms with Gasteiger partial charge in [0.2, 0.25) is 0 Å². The molecule has 5 aliphatic rings. The van der Waals surface area contributed by atoms with E-state index in [0.717, 1.165) is 43.9 Å². The zero-order valence-corrected chi connectivity index (χ0v) is 15.7. The molecule has 5 rings (SSSR count). The Balaban J connectivity index is 1.49. The van der Waals surface area contributed by atoms with Crippen molar-refractivity contribution in [2.45, 2.75) is 89.8 Å². The van der Waals surface area contributed by atoms with Crippen LogP contribution < -0.4 is 0 Å². The lowest BCUT2D eigenvalue weighted by Gasteiger charge is -2.59. The van der Waals surface area contributed by atoms with Gasteiger partial charge in [-0.25, -0.2) is 0 Å². The number of allylic oxidation sites excluding steroid dienone is 1. The molecule has 1 N–H and O–H groups in total. The summed E-state index contributed by atoms with van der Waals surface area (Å²) in [6.07, 6.45) is 12.9. The molecule has 4 fully saturated rings. The van der Waals surface area contributed by atoms with E-state index in [-0.39, 0.29) is 23.1 Å². The second-order valence-electron chi connectivity index (χ2n) is 10.1. The first kappa shape index (κ1) is 16.4. The van der Waals surface area contributed by atoms with Crippen molar-refractivity contribution in [1.82, 2.24) is 0 Å². The molecule has 0 aromatic heterocycles. The van der Waals surface area contributed by atoms with E-state index in [9.17, 15) is 9.90 Å². The van der Waals surface area contributed by atoms with Gasteiger partial charge in [-0.15, -0.1) is 0 Å². The quantitative estimate of drug-likeness (QED) is 0.524. The smallest absolute Gasteiger partial charge is 0.306 e. The minimum atomic E-state index is -0.159. The number of aliphatic hydroxyl groups excluding tert-OH is 1. The molecule has 7 atom stereocenters. The van der Waals surface area contributed by atoms with Crippen LogP contribution >= 0.6 is 0 Å². The molecule has 0 unspecified atom stereocenters. The summed E-state index contributed by atoms with van der Waals surface area (Å²) >= 11 is 0. The van der Waals surface area contributed by atoms with Crippen molar-refractivity contribution in [3.63, 3.8) is 0 Å². The third kappa shape index (κ3) is 1.99. The van der Waals surface area contributed by atoms with Crippen LogP contribution in [0.25, 0.3) is 0 Å². The molecule has 0 radical (unpaired) electrons. The molecular formula is C22H32O3. The van der Waals surface area contributed by atoms with Gasteiger partial charge in [0.05, 0.1) is 6.10 Å². The number of aliphatic hydroxyl groups is 1. The van der Waals surface area contributed by atoms with Gasteiger partial charge in [0.15, 0.2) is 0 Å². The van der Waals surface area contributed by atoms with Gasteiger partial charge in [-0.3, -0.25) is 4.79 Å². The van der Waals surface area contributed by atoms with Gasteiger partial charge in [0.1, 0.15) is 5.60 Å². The van der Waals surface area contributed by atoms with Crippen LogP contribution in [0.15, 0.2) is 11.6 Å². The van der Waals surface area contributed by atoms with Gasteiger partial charge in [0.25, 0.3) is 0 Å². The average molecular weight is 344 g/mol. The summed E-state index contributed by atoms with van der Waals surface area (Å²) in [4.78, 5) is 11.9. The molecule has 4 aliphatic carbocycles. The Kier molecular flexibility index (Phi) is 3.35. The lowest BCUT2D eigenvalue weighted by atomic mass is 9.47. The van der Waals surface area contributed by atoms with Crippen molar-refractivity contribution in [3.8, 4) is 0 Å². The molecule has 0 bridgehead atoms. The van der Waals surface area contributed by atoms with E-state index < -0.39 is 0 Å². The Labute approximate surface area is 151 Å². The SMILES string of the molecule is C[C@]12CC[C@@H](O)CC1=CC[C@H]1[C@H]2CC[C@@]2(C)[C@H]1CC[C@]21CCC(=O)O1. The number of fused-ring (bicyclic) bond motifs is 6. The number of carbonyl (C=O) groups is 1. The van der Waals surface area contributed by atoms with Gasteiger partial charge in [-0.05, 0) is 81.0 Å². The fourth-order valence-corrected chi connectivity index (χ4v) is 7.94. The Morgan fingerprint density at radius 1 is 1.08 bits per heavy atom. The van der Waals surface area contributed by atoms with E-state index in [1.165, 1.54) is 31.3 Å². The molecule has 3 nitrogen and oxygen atoms in total. The van der Waals surface area contributed by atoms with Gasteiger partial charge >= 0.3 is 5.97 Å². The number of esters is 1. The lowest BCUT2D eigenvalue weighted by molar-refractivity contribution is -0.167. The van der Waals surface area contributed by atoms with Crippen LogP contribution in [0.5, 0.6) is 0 Å². The van der Waals surface area contributed by atoms with Crippen LogP contribution in [-0.4, -0.2) is 22.8 Å². The zero-order valence-electron chi connectivity index (χ0n) is 15.7. The Hall–Kier alpha value is -0.830. The Morgan fingerprint density at radius 2 is 1.88 bits per heavy atom. The minimum absolute atomic E-state index is 0.0306. The molecule has 1 saturated heterocycles. The second kappa shape index (κ2) is 5.12. The summed E-state index contributed by atoms with van der Waals surface area (Å²) in [7, 11) is 0. The molecule has 25 heavy (non-hydrogen) atoms. The first-order valence-electron chi connectivity index (χ1n) is 10.5. The number of hydrogen-bond donors (Lipinski definition) is 1. The third-order valence-corrected chi connectivity index (χ3v) is 9.41. The maximum Gasteiger partial charge on any atom is 0.306 e. The fraction of sp³-hybridized carbons (Fsp3) is 0.864. The maximum absolute atomic E-state index is 11.9. The number of carbonyl (C=O) groups excluding carboxylic acids is 1. The number of ether oxygens (including phenoxy) is 1. The summed E-state index contributed by atoms with van der Waals surface area (Å²) in [5.41, 5.74) is 1.85. The summed E-state index contributed by atoms with van der Waals surface area (Å²) < 4.78 is 6.02. The third-order valence-electron chi connectivity index (χ3n) is 9.41. The first-order chi connectivity index (χ1) is 11.9. The summed E-state index contributed by atoms with van der Waals surface area (Å²) in [5.74, 6) is 2.22. The molecule has 0 aromatic carbocycles. The van der Waals surface area contributed by atoms with Crippen molar-refractivity contribution in [2.75, 3.05) is 0 Å². The van der Waals surface area contributed by atoms with Crippen LogP contribution in [0.2, 0.25) is 0 Å². The Bertz CT molecular complexity index is 639. The molecule has 1 heterocycles. The van der Waals surface area contributed by atoms with Crippen molar-refractivity contribution in [3.05, 3.63) is 11.6 Å². The molecule has 3 heteroatoms. The van der Waals surface area contributed by atoms with Crippen LogP contribution in [0.1, 0.15) is 78.1 Å². The molecule has 1 spiro atoms. The van der Waals surface area contributed by atoms with Crippen LogP contribution in [0.3, 0.4) is 0 Å². The molecule has 3 saturated carbocycles. The lowest BCUT2D eigenvalue weighted by Crippen LogP contribution is -2.54. The van der Waals surface area contributed by atoms with E-state index in [1.807, 2.05) is 0 Å². The van der Waals surface area contributed by atoms with Crippen LogP contribution in [0, 0.1) is 28.6 Å². The van der Waals surface area contributed by atoms with Crippen molar-refractivity contribution < 1.29 is 14.6 Å². The highest BCUT2D eigenvalue weighted by atomic mass is 16.6. The highest BCUT2D eigenvalue weighted by molar-refractivity contribution is 5.72. The molecular weight excluding hydrogens is 312 g/mol. The van der Waals surface area contributed by atoms with E-state index in [0.29, 0.717) is 17.8 Å². The molecule has 138 valence electrons. The van der Waals surface area contributed by atoms with Crippen molar-refractivity contribution in [2.24, 2.45) is 28.6 Å². The van der Waals surface area contributed by atoms with Gasteiger partial charge in [0, 0.05) is 11.8 Å². The van der Waals surface area contributed by atoms with E-state index in [2.05, 4.69) is 19.9 Å². The molecule has 0 aromatic rings. The predicted octanol–water partition coefficient (Wildman–Crippen LogP) is 4.39. The van der Waals surface area contributed by atoms with E-state index in [4.69, 9.17) is 4.74 Å². The van der Waals surface area contributed by atoms with E-state index in [1.54, 1.807) is 0 Å². The highest BCUT2D eigenvalue weighted by Gasteiger charge is 2.66. The normalized spacial score (nSPS) is 54.5.